The molecule has 1 heterocycles. The minimum Gasteiger partial charge on any atom is -0.459 e. The number of ether oxygens (including phenoxy) is 1. The van der Waals surface area contributed by atoms with E-state index in [4.69, 9.17) is 4.74 Å². The Labute approximate surface area is 315 Å². The summed E-state index contributed by atoms with van der Waals surface area (Å²) in [5, 5.41) is 0.763. The number of nitrogens with zero attached hydrogens (tertiary/aromatic N) is 1. The molecule has 5 aromatic rings. The van der Waals surface area contributed by atoms with Gasteiger partial charge in [-0.25, -0.2) is 9.78 Å². The third kappa shape index (κ3) is 7.67. The topological polar surface area (TPSA) is 73.3 Å². The Kier molecular flexibility index (Phi) is 11.1. The first-order valence-corrected chi connectivity index (χ1v) is 20.0. The zero-order valence-corrected chi connectivity index (χ0v) is 31.6. The summed E-state index contributed by atoms with van der Waals surface area (Å²) in [5.74, 6) is 0.262. The van der Waals surface area contributed by atoms with Crippen molar-refractivity contribution in [3.05, 3.63) is 136 Å². The van der Waals surface area contributed by atoms with Crippen molar-refractivity contribution in [2.75, 3.05) is 0 Å². The Balaban J connectivity index is 1.04. The second-order valence-electron chi connectivity index (χ2n) is 13.9. The van der Waals surface area contributed by atoms with E-state index in [9.17, 15) is 14.4 Å². The van der Waals surface area contributed by atoms with E-state index >= 15 is 0 Å². The van der Waals surface area contributed by atoms with Gasteiger partial charge in [0.25, 0.3) is 0 Å². The number of carbonyl (C=O) groups excluding carboxylic acids is 3. The molecule has 7 heteroatoms. The standard InChI is InChI=1S/C45H43NO4S2/c1-4-5-6-11-30-17-21-33(22-18-30)50-45(49)40-28(2)26-32(27-29(40)3)31-19-23-34(24-20-31)51-37-14-9-12-35-41(37)43(47)36-13-10-15-38(42(36)44(35)48)52-39-16-7-8-25-46-39/h7-10,12-16,19-20,23-27,30,33H,4-6,11,17-18,21-22H2,1-3H3. The number of hydrogen-bond donors (Lipinski definition) is 0. The number of fused-ring (bicyclic) bond motifs is 2. The Hall–Kier alpha value is -4.46. The van der Waals surface area contributed by atoms with Gasteiger partial charge in [0.15, 0.2) is 11.6 Å². The molecular weight excluding hydrogens is 683 g/mol. The van der Waals surface area contributed by atoms with Crippen molar-refractivity contribution in [3.8, 4) is 11.1 Å². The Morgan fingerprint density at radius 2 is 1.37 bits per heavy atom. The maximum absolute atomic E-state index is 14.0. The highest BCUT2D eigenvalue weighted by molar-refractivity contribution is 7.99. The fourth-order valence-corrected chi connectivity index (χ4v) is 9.51. The molecule has 264 valence electrons. The van der Waals surface area contributed by atoms with E-state index in [0.717, 1.165) is 73.6 Å². The summed E-state index contributed by atoms with van der Waals surface area (Å²) >= 11 is 2.87. The van der Waals surface area contributed by atoms with Crippen molar-refractivity contribution in [3.63, 3.8) is 0 Å². The van der Waals surface area contributed by atoms with Crippen LogP contribution in [0.25, 0.3) is 11.1 Å². The quantitative estimate of drug-likeness (QED) is 0.0972. The molecule has 4 aromatic carbocycles. The molecule has 1 saturated carbocycles. The van der Waals surface area contributed by atoms with Gasteiger partial charge >= 0.3 is 5.97 Å². The Morgan fingerprint density at radius 3 is 1.96 bits per heavy atom. The molecule has 0 bridgehead atoms. The first-order valence-electron chi connectivity index (χ1n) is 18.4. The van der Waals surface area contributed by atoms with Crippen LogP contribution in [0.3, 0.4) is 0 Å². The molecule has 52 heavy (non-hydrogen) atoms. The predicted molar refractivity (Wildman–Crippen MR) is 209 cm³/mol. The average molecular weight is 726 g/mol. The molecule has 2 aliphatic rings. The van der Waals surface area contributed by atoms with E-state index in [2.05, 4.69) is 36.2 Å². The molecule has 0 atom stereocenters. The van der Waals surface area contributed by atoms with Gasteiger partial charge in [-0.05, 0) is 104 Å². The normalized spacial score (nSPS) is 16.7. The average Bonchev–Trinajstić information content (AvgIpc) is 3.15. The molecule has 0 amide bonds. The lowest BCUT2D eigenvalue weighted by Gasteiger charge is -2.28. The van der Waals surface area contributed by atoms with Gasteiger partial charge in [0.05, 0.1) is 5.56 Å². The minimum atomic E-state index is -0.215. The molecule has 2 aliphatic carbocycles. The number of ketones is 2. The van der Waals surface area contributed by atoms with Gasteiger partial charge in [-0.1, -0.05) is 111 Å². The van der Waals surface area contributed by atoms with Gasteiger partial charge in [0.2, 0.25) is 0 Å². The second kappa shape index (κ2) is 16.1. The van der Waals surface area contributed by atoms with Gasteiger partial charge in [-0.2, -0.15) is 0 Å². The van der Waals surface area contributed by atoms with Gasteiger partial charge in [0.1, 0.15) is 11.1 Å². The number of aryl methyl sites for hydroxylation is 2. The molecule has 0 N–H and O–H groups in total. The fourth-order valence-electron chi connectivity index (χ4n) is 7.59. The van der Waals surface area contributed by atoms with E-state index in [1.54, 1.807) is 18.3 Å². The van der Waals surface area contributed by atoms with Gasteiger partial charge in [-0.3, -0.25) is 9.59 Å². The summed E-state index contributed by atoms with van der Waals surface area (Å²) < 4.78 is 6.04. The highest BCUT2D eigenvalue weighted by Crippen LogP contribution is 2.41. The van der Waals surface area contributed by atoms with Crippen molar-refractivity contribution in [2.24, 2.45) is 5.92 Å². The summed E-state index contributed by atoms with van der Waals surface area (Å²) in [7, 11) is 0. The molecule has 0 aliphatic heterocycles. The highest BCUT2D eigenvalue weighted by Gasteiger charge is 2.34. The van der Waals surface area contributed by atoms with Crippen LogP contribution >= 0.6 is 23.5 Å². The van der Waals surface area contributed by atoms with Crippen LogP contribution in [-0.4, -0.2) is 28.6 Å². The number of pyridine rings is 1. The maximum atomic E-state index is 14.0. The van der Waals surface area contributed by atoms with Crippen molar-refractivity contribution < 1.29 is 19.1 Å². The lowest BCUT2D eigenvalue weighted by Crippen LogP contribution is -2.25. The van der Waals surface area contributed by atoms with Crippen LogP contribution in [0.5, 0.6) is 0 Å². The van der Waals surface area contributed by atoms with Crippen molar-refractivity contribution in [1.82, 2.24) is 4.98 Å². The number of unbranched alkanes of at least 4 members (excludes halogenated alkanes) is 2. The summed E-state index contributed by atoms with van der Waals surface area (Å²) in [6, 6.07) is 28.9. The third-order valence-corrected chi connectivity index (χ3v) is 12.4. The smallest absolute Gasteiger partial charge is 0.338 e. The number of rotatable bonds is 11. The summed E-state index contributed by atoms with van der Waals surface area (Å²) in [6.45, 7) is 6.21. The Bertz CT molecular complexity index is 2100. The lowest BCUT2D eigenvalue weighted by molar-refractivity contribution is 0.0159. The monoisotopic (exact) mass is 725 g/mol. The van der Waals surface area contributed by atoms with Crippen LogP contribution in [0, 0.1) is 19.8 Å². The summed E-state index contributed by atoms with van der Waals surface area (Å²) in [6.07, 6.45) is 11.1. The van der Waals surface area contributed by atoms with E-state index in [1.165, 1.54) is 49.2 Å². The molecule has 0 radical (unpaired) electrons. The van der Waals surface area contributed by atoms with Gasteiger partial charge < -0.3 is 4.74 Å². The van der Waals surface area contributed by atoms with E-state index in [0.29, 0.717) is 27.8 Å². The Morgan fingerprint density at radius 1 is 0.731 bits per heavy atom. The van der Waals surface area contributed by atoms with Crippen LogP contribution in [-0.2, 0) is 4.74 Å². The predicted octanol–water partition coefficient (Wildman–Crippen LogP) is 11.7. The zero-order chi connectivity index (χ0) is 36.2. The van der Waals surface area contributed by atoms with Crippen LogP contribution in [0.4, 0.5) is 0 Å². The fraction of sp³-hybridized carbons (Fsp3) is 0.289. The number of hydrogen-bond acceptors (Lipinski definition) is 7. The lowest BCUT2D eigenvalue weighted by atomic mass is 9.84. The SMILES string of the molecule is CCCCCC1CCC(OC(=O)c2c(C)cc(-c3ccc(Sc4cccc5c4C(=O)c4cccc(Sc6ccccn6)c4C5=O)cc3)cc2C)CC1. The van der Waals surface area contributed by atoms with Crippen LogP contribution in [0.2, 0.25) is 0 Å². The van der Waals surface area contributed by atoms with Gasteiger partial charge in [-0.15, -0.1) is 0 Å². The molecule has 0 saturated heterocycles. The van der Waals surface area contributed by atoms with E-state index in [1.807, 2.05) is 68.4 Å². The summed E-state index contributed by atoms with van der Waals surface area (Å²) in [4.78, 5) is 48.1. The molecule has 0 spiro atoms. The maximum Gasteiger partial charge on any atom is 0.338 e. The van der Waals surface area contributed by atoms with Crippen LogP contribution < -0.4 is 0 Å². The van der Waals surface area contributed by atoms with Crippen molar-refractivity contribution >= 4 is 41.1 Å². The molecule has 5 nitrogen and oxygen atoms in total. The molecular formula is C45H43NO4S2. The number of aromatic nitrogens is 1. The minimum absolute atomic E-state index is 0.00508. The zero-order valence-electron chi connectivity index (χ0n) is 29.9. The number of esters is 1. The highest BCUT2D eigenvalue weighted by atomic mass is 32.2. The van der Waals surface area contributed by atoms with Gasteiger partial charge in [0, 0.05) is 43.1 Å². The van der Waals surface area contributed by atoms with Crippen LogP contribution in [0.15, 0.2) is 117 Å². The van der Waals surface area contributed by atoms with E-state index in [-0.39, 0.29) is 23.6 Å². The number of carbonyl (C=O) groups is 3. The molecule has 7 rings (SSSR count). The molecule has 0 unspecified atom stereocenters. The van der Waals surface area contributed by atoms with Crippen molar-refractivity contribution in [2.45, 2.75) is 98.0 Å². The largest absolute Gasteiger partial charge is 0.459 e. The first-order chi connectivity index (χ1) is 25.3. The second-order valence-corrected chi connectivity index (χ2v) is 16.1. The van der Waals surface area contributed by atoms with E-state index < -0.39 is 0 Å². The summed E-state index contributed by atoms with van der Waals surface area (Å²) in [5.41, 5.74) is 6.28. The molecule has 1 fully saturated rings. The van der Waals surface area contributed by atoms with Crippen molar-refractivity contribution in [1.29, 1.82) is 0 Å². The first kappa shape index (κ1) is 35.9. The number of benzene rings is 4. The molecule has 1 aromatic heterocycles. The third-order valence-electron chi connectivity index (χ3n) is 10.3. The van der Waals surface area contributed by atoms with Crippen LogP contribution in [0.1, 0.15) is 112 Å².